The molecule has 2 heterocycles. The molecule has 26 heavy (non-hydrogen) atoms. The molecule has 2 N–H and O–H groups in total. The number of ether oxygens (including phenoxy) is 2. The highest BCUT2D eigenvalue weighted by atomic mass is 35.5. The summed E-state index contributed by atoms with van der Waals surface area (Å²) in [6.45, 7) is -2.10. The largest absolute Gasteiger partial charge is 0.494 e. The Hall–Kier alpha value is -2.55. The van der Waals surface area contributed by atoms with Crippen LogP contribution in [0.5, 0.6) is 5.75 Å². The first-order valence-corrected chi connectivity index (χ1v) is 8.07. The standard InChI is InChI=1S/C17H21ClN6O2/c1-23-16(18)7-12(8-19-23)21-14-6-11(10-25-3)5-13(17(14)26-4)15-9-20-24(2)22-15/h5-9,20,22H,10H2,1-4H3/i1D3. The van der Waals surface area contributed by atoms with Crippen molar-refractivity contribution in [1.29, 1.82) is 0 Å². The van der Waals surface area contributed by atoms with Gasteiger partial charge in [0.15, 0.2) is 5.75 Å². The molecule has 0 saturated carbocycles. The average molecular weight is 380 g/mol. The monoisotopic (exact) mass is 379 g/mol. The highest BCUT2D eigenvalue weighted by molar-refractivity contribution is 6.29. The molecule has 2 aromatic rings. The molecule has 0 radical (unpaired) electrons. The van der Waals surface area contributed by atoms with Crippen LogP contribution in [0.4, 0.5) is 5.69 Å². The number of benzene rings is 1. The Morgan fingerprint density at radius 1 is 1.35 bits per heavy atom. The van der Waals surface area contributed by atoms with E-state index in [0.29, 0.717) is 23.4 Å². The second kappa shape index (κ2) is 7.77. The van der Waals surface area contributed by atoms with E-state index in [1.54, 1.807) is 25.5 Å². The summed E-state index contributed by atoms with van der Waals surface area (Å²) in [6, 6.07) is 5.21. The van der Waals surface area contributed by atoms with E-state index in [-0.39, 0.29) is 5.15 Å². The molecule has 1 aromatic carbocycles. The molecule has 0 unspecified atom stereocenters. The molecule has 3 rings (SSSR count). The predicted molar refractivity (Wildman–Crippen MR) is 99.2 cm³/mol. The van der Waals surface area contributed by atoms with Crippen molar-refractivity contribution in [3.8, 4) is 5.75 Å². The van der Waals surface area contributed by atoms with Crippen molar-refractivity contribution in [2.24, 2.45) is 12.0 Å². The highest BCUT2D eigenvalue weighted by Gasteiger charge is 2.19. The van der Waals surface area contributed by atoms with Crippen LogP contribution in [0.2, 0.25) is 5.15 Å². The zero-order valence-electron chi connectivity index (χ0n) is 17.6. The number of hydrogen-bond acceptors (Lipinski definition) is 7. The van der Waals surface area contributed by atoms with Crippen LogP contribution in [-0.2, 0) is 18.3 Å². The fourth-order valence-electron chi connectivity index (χ4n) is 2.56. The third kappa shape index (κ3) is 3.82. The number of aromatic nitrogens is 2. The van der Waals surface area contributed by atoms with E-state index in [9.17, 15) is 0 Å². The molecule has 8 nitrogen and oxygen atoms in total. The zero-order valence-corrected chi connectivity index (χ0v) is 15.3. The molecule has 0 bridgehead atoms. The van der Waals surface area contributed by atoms with Gasteiger partial charge in [-0.3, -0.25) is 10.1 Å². The van der Waals surface area contributed by atoms with E-state index in [0.717, 1.165) is 21.5 Å². The summed E-state index contributed by atoms with van der Waals surface area (Å²) >= 11 is 6.08. The predicted octanol–water partition coefficient (Wildman–Crippen LogP) is 1.71. The van der Waals surface area contributed by atoms with Crippen LogP contribution in [0.15, 0.2) is 35.6 Å². The molecule has 138 valence electrons. The molecule has 0 fully saturated rings. The topological polar surface area (TPSA) is 75.9 Å². The lowest BCUT2D eigenvalue weighted by atomic mass is 10.1. The fourth-order valence-corrected chi connectivity index (χ4v) is 2.71. The molecular formula is C17H21ClN6O2. The van der Waals surface area contributed by atoms with Gasteiger partial charge in [-0.1, -0.05) is 11.6 Å². The summed E-state index contributed by atoms with van der Waals surface area (Å²) in [7, 11) is 5.00. The van der Waals surface area contributed by atoms with Gasteiger partial charge in [0.25, 0.3) is 0 Å². The van der Waals surface area contributed by atoms with Gasteiger partial charge in [-0.25, -0.2) is 4.99 Å². The second-order valence-electron chi connectivity index (χ2n) is 5.55. The number of hydrazine groups is 2. The Balaban J connectivity index is 2.14. The SMILES string of the molecule is [2H]C([2H])([2H])n1ncc(=Nc2cc(COC)cc(C3=CNN(C)N3)c2OC)cc1Cl. The smallest absolute Gasteiger partial charge is 0.153 e. The summed E-state index contributed by atoms with van der Waals surface area (Å²) < 4.78 is 34.0. The van der Waals surface area contributed by atoms with Crippen molar-refractivity contribution < 1.29 is 13.6 Å². The Kier molecular flexibility index (Phi) is 4.37. The third-order valence-corrected chi connectivity index (χ3v) is 3.92. The van der Waals surface area contributed by atoms with Gasteiger partial charge in [-0.05, 0) is 17.7 Å². The quantitative estimate of drug-likeness (QED) is 0.823. The molecular weight excluding hydrogens is 356 g/mol. The van der Waals surface area contributed by atoms with Crippen molar-refractivity contribution in [1.82, 2.24) is 25.7 Å². The average Bonchev–Trinajstić information content (AvgIpc) is 3.07. The van der Waals surface area contributed by atoms with Gasteiger partial charge in [0, 0.05) is 43.1 Å². The Labute approximate surface area is 160 Å². The van der Waals surface area contributed by atoms with E-state index in [4.69, 9.17) is 25.2 Å². The van der Waals surface area contributed by atoms with Crippen molar-refractivity contribution >= 4 is 23.0 Å². The van der Waals surface area contributed by atoms with Gasteiger partial charge in [0.2, 0.25) is 0 Å². The zero-order chi connectivity index (χ0) is 21.2. The van der Waals surface area contributed by atoms with E-state index < -0.39 is 6.98 Å². The Bertz CT molecular complexity index is 1010. The van der Waals surface area contributed by atoms with Gasteiger partial charge < -0.3 is 14.9 Å². The lowest BCUT2D eigenvalue weighted by Crippen LogP contribution is -2.34. The van der Waals surface area contributed by atoms with Crippen molar-refractivity contribution in [3.05, 3.63) is 52.2 Å². The van der Waals surface area contributed by atoms with Crippen molar-refractivity contribution in [3.63, 3.8) is 0 Å². The maximum atomic E-state index is 7.45. The first kappa shape index (κ1) is 14.6. The van der Waals surface area contributed by atoms with Crippen LogP contribution in [0, 0.1) is 0 Å². The summed E-state index contributed by atoms with van der Waals surface area (Å²) in [5.74, 6) is 0.532. The van der Waals surface area contributed by atoms with E-state index in [1.807, 2.05) is 19.2 Å². The minimum Gasteiger partial charge on any atom is -0.494 e. The molecule has 1 aliphatic rings. The summed E-state index contributed by atoms with van der Waals surface area (Å²) in [5.41, 5.74) is 9.17. The highest BCUT2D eigenvalue weighted by Crippen LogP contribution is 2.36. The number of hydrogen-bond donors (Lipinski definition) is 2. The van der Waals surface area contributed by atoms with E-state index in [2.05, 4.69) is 20.9 Å². The number of aryl methyl sites for hydroxylation is 1. The second-order valence-corrected chi connectivity index (χ2v) is 5.93. The van der Waals surface area contributed by atoms with Gasteiger partial charge in [0.1, 0.15) is 10.8 Å². The molecule has 1 aromatic heterocycles. The van der Waals surface area contributed by atoms with Gasteiger partial charge in [0.05, 0.1) is 31.0 Å². The molecule has 0 atom stereocenters. The van der Waals surface area contributed by atoms with Crippen LogP contribution in [-0.4, -0.2) is 36.2 Å². The number of methoxy groups -OCH3 is 2. The molecule has 1 aliphatic heterocycles. The third-order valence-electron chi connectivity index (χ3n) is 3.65. The molecule has 0 amide bonds. The fraction of sp³-hybridized carbons (Fsp3) is 0.294. The maximum absolute atomic E-state index is 7.45. The van der Waals surface area contributed by atoms with Crippen LogP contribution < -0.4 is 20.9 Å². The molecule has 0 aliphatic carbocycles. The van der Waals surface area contributed by atoms with Crippen LogP contribution >= 0.6 is 11.6 Å². The maximum Gasteiger partial charge on any atom is 0.153 e. The Morgan fingerprint density at radius 2 is 2.19 bits per heavy atom. The summed E-state index contributed by atoms with van der Waals surface area (Å²) in [5, 5.41) is 5.93. The molecule has 0 spiro atoms. The van der Waals surface area contributed by atoms with Gasteiger partial charge in [-0.15, -0.1) is 5.12 Å². The normalized spacial score (nSPS) is 17.0. The summed E-state index contributed by atoms with van der Waals surface area (Å²) in [6.07, 6.45) is 3.14. The lowest BCUT2D eigenvalue weighted by Gasteiger charge is -2.16. The van der Waals surface area contributed by atoms with Gasteiger partial charge >= 0.3 is 0 Å². The van der Waals surface area contributed by atoms with E-state index >= 15 is 0 Å². The van der Waals surface area contributed by atoms with Crippen LogP contribution in [0.3, 0.4) is 0 Å². The molecule has 9 heteroatoms. The first-order valence-electron chi connectivity index (χ1n) is 9.20. The number of nitrogens with zero attached hydrogens (tertiary/aromatic N) is 4. The van der Waals surface area contributed by atoms with Crippen LogP contribution in [0.1, 0.15) is 15.2 Å². The first-order chi connectivity index (χ1) is 13.7. The van der Waals surface area contributed by atoms with Crippen molar-refractivity contribution in [2.45, 2.75) is 6.61 Å². The van der Waals surface area contributed by atoms with Gasteiger partial charge in [-0.2, -0.15) is 5.10 Å². The molecule has 0 saturated heterocycles. The van der Waals surface area contributed by atoms with Crippen LogP contribution in [0.25, 0.3) is 5.70 Å². The lowest BCUT2D eigenvalue weighted by molar-refractivity contribution is 0.185. The minimum atomic E-state index is -2.47. The summed E-state index contributed by atoms with van der Waals surface area (Å²) in [4.78, 5) is 4.58. The number of rotatable bonds is 5. The minimum absolute atomic E-state index is 0.0514. The van der Waals surface area contributed by atoms with Crippen molar-refractivity contribution in [2.75, 3.05) is 21.3 Å². The number of nitrogens with one attached hydrogen (secondary N) is 2. The number of halogens is 1. The van der Waals surface area contributed by atoms with E-state index in [1.165, 1.54) is 12.3 Å². The Morgan fingerprint density at radius 3 is 2.81 bits per heavy atom.